The van der Waals surface area contributed by atoms with Crippen LogP contribution in [0.4, 0.5) is 11.5 Å². The van der Waals surface area contributed by atoms with Crippen molar-refractivity contribution in [2.75, 3.05) is 18.8 Å². The van der Waals surface area contributed by atoms with Gasteiger partial charge in [0.25, 0.3) is 0 Å². The number of likely N-dealkylation sites (tertiary alicyclic amines) is 1. The number of nitrogen functional groups attached to an aromatic ring is 1. The Morgan fingerprint density at radius 3 is 2.79 bits per heavy atom. The molecule has 9 nitrogen and oxygen atoms in total. The summed E-state index contributed by atoms with van der Waals surface area (Å²) in [4.78, 5) is 15.3. The Morgan fingerprint density at radius 1 is 1.21 bits per heavy atom. The molecule has 1 fully saturated rings. The number of nitrogens with zero attached hydrogens (tertiary/aromatic N) is 6. The first-order chi connectivity index (χ1) is 11.6. The standard InChI is InChI=1S/C15H17N9/c16-9-7-10(17)14(23-4-1-2-5-23)22-13(9)20-11-8-19-24-6-3-12(18)21-15(11)24/h3,6-8,16H,1-2,4-5,17H2,(H2,18,21)/b16-9?,20-13-. The molecule has 0 unspecified atom stereocenters. The number of aromatic nitrogens is 3. The minimum Gasteiger partial charge on any atom is -0.396 e. The van der Waals surface area contributed by atoms with E-state index in [2.05, 4.69) is 25.0 Å². The summed E-state index contributed by atoms with van der Waals surface area (Å²) < 4.78 is 1.58. The Balaban J connectivity index is 1.77. The minimum atomic E-state index is 0.165. The number of anilines is 1. The highest BCUT2D eigenvalue weighted by Crippen LogP contribution is 2.21. The predicted octanol–water partition coefficient (Wildman–Crippen LogP) is 0.712. The van der Waals surface area contributed by atoms with E-state index < -0.39 is 0 Å². The average molecular weight is 323 g/mol. The summed E-state index contributed by atoms with van der Waals surface area (Å²) in [7, 11) is 0. The molecule has 4 heterocycles. The third-order valence-electron chi connectivity index (χ3n) is 4.01. The van der Waals surface area contributed by atoms with E-state index >= 15 is 0 Å². The molecule has 24 heavy (non-hydrogen) atoms. The van der Waals surface area contributed by atoms with Crippen molar-refractivity contribution in [1.82, 2.24) is 19.5 Å². The molecule has 0 bridgehead atoms. The van der Waals surface area contributed by atoms with Crippen LogP contribution in [0.2, 0.25) is 0 Å². The van der Waals surface area contributed by atoms with Gasteiger partial charge in [0, 0.05) is 19.3 Å². The second-order valence-electron chi connectivity index (χ2n) is 5.73. The van der Waals surface area contributed by atoms with Crippen LogP contribution in [0.15, 0.2) is 40.2 Å². The molecule has 122 valence electrons. The number of fused-ring (bicyclic) bond motifs is 1. The van der Waals surface area contributed by atoms with Crippen molar-refractivity contribution in [2.45, 2.75) is 12.8 Å². The van der Waals surface area contributed by atoms with Gasteiger partial charge in [-0.1, -0.05) is 0 Å². The van der Waals surface area contributed by atoms with Crippen molar-refractivity contribution >= 4 is 34.5 Å². The van der Waals surface area contributed by atoms with Crippen LogP contribution in [0.25, 0.3) is 5.65 Å². The topological polar surface area (TPSA) is 134 Å². The van der Waals surface area contributed by atoms with Crippen molar-refractivity contribution in [3.8, 4) is 0 Å². The zero-order valence-corrected chi connectivity index (χ0v) is 13.0. The lowest BCUT2D eigenvalue weighted by molar-refractivity contribution is 0.519. The lowest BCUT2D eigenvalue weighted by Gasteiger charge is -2.23. The van der Waals surface area contributed by atoms with Gasteiger partial charge < -0.3 is 16.4 Å². The Kier molecular flexibility index (Phi) is 3.26. The van der Waals surface area contributed by atoms with Crippen LogP contribution in [-0.4, -0.2) is 50.0 Å². The summed E-state index contributed by atoms with van der Waals surface area (Å²) in [5.41, 5.74) is 13.5. The van der Waals surface area contributed by atoms with Crippen molar-refractivity contribution in [2.24, 2.45) is 15.7 Å². The first-order valence-corrected chi connectivity index (χ1v) is 7.70. The van der Waals surface area contributed by atoms with E-state index in [1.165, 1.54) is 0 Å². The summed E-state index contributed by atoms with van der Waals surface area (Å²) in [6.45, 7) is 1.84. The highest BCUT2D eigenvalue weighted by Gasteiger charge is 2.24. The molecule has 2 aliphatic heterocycles. The molecule has 5 N–H and O–H groups in total. The van der Waals surface area contributed by atoms with E-state index in [9.17, 15) is 0 Å². The summed E-state index contributed by atoms with van der Waals surface area (Å²) in [6, 6.07) is 1.66. The van der Waals surface area contributed by atoms with Crippen LogP contribution in [0, 0.1) is 5.41 Å². The second kappa shape index (κ2) is 5.44. The van der Waals surface area contributed by atoms with Crippen LogP contribution < -0.4 is 11.5 Å². The zero-order chi connectivity index (χ0) is 16.7. The molecule has 0 aromatic carbocycles. The van der Waals surface area contributed by atoms with Crippen LogP contribution in [0.5, 0.6) is 0 Å². The van der Waals surface area contributed by atoms with E-state index in [0.717, 1.165) is 25.9 Å². The smallest absolute Gasteiger partial charge is 0.183 e. The largest absolute Gasteiger partial charge is 0.396 e. The molecule has 2 aliphatic rings. The van der Waals surface area contributed by atoms with Gasteiger partial charge in [0.2, 0.25) is 0 Å². The number of amidine groups is 2. The Hall–Kier alpha value is -3.23. The molecule has 2 aromatic rings. The third-order valence-corrected chi connectivity index (χ3v) is 4.01. The number of aliphatic imine (C=N–C) groups is 2. The molecule has 0 saturated carbocycles. The van der Waals surface area contributed by atoms with Gasteiger partial charge in [-0.25, -0.2) is 19.5 Å². The Bertz CT molecular complexity index is 912. The van der Waals surface area contributed by atoms with Gasteiger partial charge >= 0.3 is 0 Å². The first kappa shape index (κ1) is 14.4. The van der Waals surface area contributed by atoms with E-state index in [1.54, 1.807) is 29.1 Å². The third kappa shape index (κ3) is 2.39. The van der Waals surface area contributed by atoms with Crippen molar-refractivity contribution in [3.63, 3.8) is 0 Å². The van der Waals surface area contributed by atoms with Crippen LogP contribution in [0.3, 0.4) is 0 Å². The molecule has 0 aliphatic carbocycles. The normalized spacial score (nSPS) is 19.9. The Labute approximate surface area is 137 Å². The van der Waals surface area contributed by atoms with Gasteiger partial charge in [0.1, 0.15) is 17.2 Å². The quantitative estimate of drug-likeness (QED) is 0.710. The number of nitrogens with two attached hydrogens (primary N) is 2. The zero-order valence-electron chi connectivity index (χ0n) is 13.0. The fraction of sp³-hybridized carbons (Fsp3) is 0.267. The molecule has 0 radical (unpaired) electrons. The molecule has 9 heteroatoms. The van der Waals surface area contributed by atoms with Crippen LogP contribution >= 0.6 is 0 Å². The molecule has 0 amide bonds. The van der Waals surface area contributed by atoms with Gasteiger partial charge in [0.15, 0.2) is 17.3 Å². The van der Waals surface area contributed by atoms with Crippen molar-refractivity contribution in [3.05, 3.63) is 30.2 Å². The monoisotopic (exact) mass is 323 g/mol. The molecule has 0 spiro atoms. The first-order valence-electron chi connectivity index (χ1n) is 7.70. The number of hydrogen-bond donors (Lipinski definition) is 3. The number of hydrogen-bond acceptors (Lipinski definition) is 7. The van der Waals surface area contributed by atoms with E-state index in [1.807, 2.05) is 0 Å². The molecule has 4 rings (SSSR count). The van der Waals surface area contributed by atoms with Gasteiger partial charge in [0.05, 0.1) is 11.9 Å². The maximum atomic E-state index is 8.10. The molecule has 1 saturated heterocycles. The maximum absolute atomic E-state index is 8.10. The Morgan fingerprint density at radius 2 is 2.00 bits per heavy atom. The van der Waals surface area contributed by atoms with Gasteiger partial charge in [-0.3, -0.25) is 5.41 Å². The summed E-state index contributed by atoms with van der Waals surface area (Å²) in [6.07, 6.45) is 7.12. The fourth-order valence-electron chi connectivity index (χ4n) is 2.84. The van der Waals surface area contributed by atoms with Gasteiger partial charge in [-0.05, 0) is 25.0 Å². The highest BCUT2D eigenvalue weighted by molar-refractivity contribution is 6.49. The minimum absolute atomic E-state index is 0.165. The van der Waals surface area contributed by atoms with E-state index in [4.69, 9.17) is 16.9 Å². The van der Waals surface area contributed by atoms with E-state index in [-0.39, 0.29) is 5.71 Å². The maximum Gasteiger partial charge on any atom is 0.183 e. The SMILES string of the molecule is N=C1C=C(N)C(N2CCCC2)=N/C1=N\c1cnn2ccc(N)nc12. The van der Waals surface area contributed by atoms with E-state index in [0.29, 0.717) is 34.5 Å². The van der Waals surface area contributed by atoms with Crippen LogP contribution in [-0.2, 0) is 0 Å². The summed E-state index contributed by atoms with van der Waals surface area (Å²) in [5.74, 6) is 1.37. The summed E-state index contributed by atoms with van der Waals surface area (Å²) >= 11 is 0. The number of dihydropyridines is 1. The van der Waals surface area contributed by atoms with Crippen molar-refractivity contribution < 1.29 is 0 Å². The molecular formula is C15H17N9. The lowest BCUT2D eigenvalue weighted by atomic mass is 10.2. The molecular weight excluding hydrogens is 306 g/mol. The molecule has 0 atom stereocenters. The number of rotatable bonds is 1. The van der Waals surface area contributed by atoms with Gasteiger partial charge in [-0.2, -0.15) is 5.10 Å². The van der Waals surface area contributed by atoms with Crippen molar-refractivity contribution in [1.29, 1.82) is 5.41 Å². The molecule has 2 aromatic heterocycles. The van der Waals surface area contributed by atoms with Crippen LogP contribution in [0.1, 0.15) is 12.8 Å². The fourth-order valence-corrected chi connectivity index (χ4v) is 2.84. The number of nitrogens with one attached hydrogen (secondary N) is 1. The second-order valence-corrected chi connectivity index (χ2v) is 5.73. The predicted molar refractivity (Wildman–Crippen MR) is 92.7 cm³/mol. The van der Waals surface area contributed by atoms with Gasteiger partial charge in [-0.15, -0.1) is 0 Å². The lowest BCUT2D eigenvalue weighted by Crippen LogP contribution is -2.36. The highest BCUT2D eigenvalue weighted by atomic mass is 15.3. The summed E-state index contributed by atoms with van der Waals surface area (Å²) in [5, 5.41) is 12.3. The average Bonchev–Trinajstić information content (AvgIpc) is 3.20.